The number of para-hydroxylation sites is 2. The molecule has 2 N–H and O–H groups in total. The molecule has 0 saturated carbocycles. The Morgan fingerprint density at radius 1 is 0.879 bits per heavy atom. The van der Waals surface area contributed by atoms with Crippen molar-refractivity contribution in [3.63, 3.8) is 0 Å². The molecule has 1 amide bonds. The minimum absolute atomic E-state index is 0.0376. The zero-order valence-electron chi connectivity index (χ0n) is 16.5. The predicted molar refractivity (Wildman–Crippen MR) is 118 cm³/mol. The van der Waals surface area contributed by atoms with Crippen LogP contribution in [0, 0.1) is 5.82 Å². The molecule has 0 atom stereocenters. The highest BCUT2D eigenvalue weighted by atomic mass is 32.2. The van der Waals surface area contributed by atoms with Crippen molar-refractivity contribution in [2.24, 2.45) is 0 Å². The normalized spacial score (nSPS) is 12.0. The molecule has 1 aromatic heterocycles. The number of thiophene rings is 1. The molecule has 0 saturated heterocycles. The number of alkyl halides is 3. The van der Waals surface area contributed by atoms with Gasteiger partial charge < -0.3 is 5.32 Å². The second kappa shape index (κ2) is 8.49. The Labute approximate surface area is 189 Å². The quantitative estimate of drug-likeness (QED) is 0.329. The molecule has 4 rings (SSSR count). The van der Waals surface area contributed by atoms with E-state index in [2.05, 4.69) is 10.0 Å². The third kappa shape index (κ3) is 4.99. The van der Waals surface area contributed by atoms with Gasteiger partial charge in [-0.3, -0.25) is 9.52 Å². The second-order valence-electron chi connectivity index (χ2n) is 6.92. The van der Waals surface area contributed by atoms with Crippen LogP contribution in [0.5, 0.6) is 0 Å². The molecule has 0 spiro atoms. The highest BCUT2D eigenvalue weighted by Crippen LogP contribution is 2.34. The van der Waals surface area contributed by atoms with Crippen molar-refractivity contribution >= 4 is 48.7 Å². The topological polar surface area (TPSA) is 75.3 Å². The van der Waals surface area contributed by atoms with Gasteiger partial charge in [0.05, 0.1) is 26.7 Å². The van der Waals surface area contributed by atoms with Crippen molar-refractivity contribution in [2.45, 2.75) is 11.1 Å². The Kier molecular flexibility index (Phi) is 5.85. The highest BCUT2D eigenvalue weighted by molar-refractivity contribution is 7.92. The molecule has 170 valence electrons. The molecular weight excluding hydrogens is 480 g/mol. The number of sulfonamides is 1. The van der Waals surface area contributed by atoms with E-state index in [0.717, 1.165) is 35.6 Å². The summed E-state index contributed by atoms with van der Waals surface area (Å²) in [6.07, 6.45) is -4.50. The Balaban J connectivity index is 1.59. The molecule has 5 nitrogen and oxygen atoms in total. The lowest BCUT2D eigenvalue weighted by Crippen LogP contribution is -2.16. The smallest absolute Gasteiger partial charge is 0.319 e. The maximum absolute atomic E-state index is 13.4. The molecule has 0 radical (unpaired) electrons. The predicted octanol–water partition coefficient (Wildman–Crippen LogP) is 6.11. The summed E-state index contributed by atoms with van der Waals surface area (Å²) in [5.74, 6) is -1.35. The average molecular weight is 494 g/mol. The van der Waals surface area contributed by atoms with Gasteiger partial charge in [-0.2, -0.15) is 13.2 Å². The lowest BCUT2D eigenvalue weighted by Gasteiger charge is -2.13. The molecule has 33 heavy (non-hydrogen) atoms. The lowest BCUT2D eigenvalue weighted by molar-refractivity contribution is -0.137. The number of carbonyl (C=O) groups is 1. The number of anilines is 2. The number of rotatable bonds is 5. The Bertz CT molecular complexity index is 1460. The number of fused-ring (bicyclic) bond motifs is 1. The summed E-state index contributed by atoms with van der Waals surface area (Å²) >= 11 is 1.00. The van der Waals surface area contributed by atoms with E-state index in [1.54, 1.807) is 6.07 Å². The van der Waals surface area contributed by atoms with Crippen LogP contribution >= 0.6 is 11.3 Å². The summed E-state index contributed by atoms with van der Waals surface area (Å²) in [4.78, 5) is 12.6. The molecule has 11 heteroatoms. The van der Waals surface area contributed by atoms with Gasteiger partial charge in [-0.05, 0) is 60.0 Å². The molecule has 0 unspecified atom stereocenters. The molecule has 3 aromatic carbocycles. The molecule has 0 aliphatic rings. The third-order valence-electron chi connectivity index (χ3n) is 4.59. The number of hydrogen-bond acceptors (Lipinski definition) is 4. The van der Waals surface area contributed by atoms with Gasteiger partial charge in [-0.1, -0.05) is 18.2 Å². The fourth-order valence-electron chi connectivity index (χ4n) is 3.03. The lowest BCUT2D eigenvalue weighted by atomic mass is 10.1. The maximum atomic E-state index is 13.4. The van der Waals surface area contributed by atoms with Crippen molar-refractivity contribution < 1.29 is 30.8 Å². The van der Waals surface area contributed by atoms with Gasteiger partial charge in [0.15, 0.2) is 0 Å². The fraction of sp³-hybridized carbons (Fsp3) is 0.0455. The molecular formula is C22H14F4N2O3S2. The minimum Gasteiger partial charge on any atom is -0.319 e. The van der Waals surface area contributed by atoms with Crippen LogP contribution in [0.25, 0.3) is 10.1 Å². The van der Waals surface area contributed by atoms with E-state index in [9.17, 15) is 30.8 Å². The van der Waals surface area contributed by atoms with Crippen LogP contribution in [0.2, 0.25) is 0 Å². The van der Waals surface area contributed by atoms with Gasteiger partial charge in [0.1, 0.15) is 5.82 Å². The zero-order chi connectivity index (χ0) is 23.8. The summed E-state index contributed by atoms with van der Waals surface area (Å²) < 4.78 is 80.3. The van der Waals surface area contributed by atoms with Crippen molar-refractivity contribution in [3.8, 4) is 0 Å². The van der Waals surface area contributed by atoms with E-state index in [-0.39, 0.29) is 26.5 Å². The number of amides is 1. The standard InChI is InChI=1S/C22H14F4N2O3S2/c23-15-4-3-5-16(12-15)33(30,31)28-18-7-2-1-6-17(18)27-21(29)20-11-13-10-14(22(24,25)26)8-9-19(13)32-20/h1-12,28H,(H,27,29). The molecule has 0 aliphatic carbocycles. The zero-order valence-corrected chi connectivity index (χ0v) is 18.1. The van der Waals surface area contributed by atoms with E-state index >= 15 is 0 Å². The van der Waals surface area contributed by atoms with Crippen molar-refractivity contribution in [1.29, 1.82) is 0 Å². The van der Waals surface area contributed by atoms with Gasteiger partial charge in [-0.15, -0.1) is 11.3 Å². The number of carbonyl (C=O) groups excluding carboxylic acids is 1. The second-order valence-corrected chi connectivity index (χ2v) is 9.69. The van der Waals surface area contributed by atoms with Crippen molar-refractivity contribution in [3.05, 3.63) is 89.1 Å². The van der Waals surface area contributed by atoms with Crippen molar-refractivity contribution in [1.82, 2.24) is 0 Å². The third-order valence-corrected chi connectivity index (χ3v) is 7.07. The van der Waals surface area contributed by atoms with Gasteiger partial charge >= 0.3 is 6.18 Å². The molecule has 0 aliphatic heterocycles. The summed E-state index contributed by atoms with van der Waals surface area (Å²) in [6.45, 7) is 0. The summed E-state index contributed by atoms with van der Waals surface area (Å²) in [5.41, 5.74) is -0.664. The van der Waals surface area contributed by atoms with E-state index < -0.39 is 33.5 Å². The Hall–Kier alpha value is -3.44. The first-order valence-electron chi connectivity index (χ1n) is 9.32. The number of hydrogen-bond donors (Lipinski definition) is 2. The van der Waals surface area contributed by atoms with Gasteiger partial charge in [0.2, 0.25) is 0 Å². The summed E-state index contributed by atoms with van der Waals surface area (Å²) in [6, 6.07) is 14.9. The van der Waals surface area contributed by atoms with E-state index in [4.69, 9.17) is 0 Å². The van der Waals surface area contributed by atoms with Crippen LogP contribution in [0.3, 0.4) is 0 Å². The van der Waals surface area contributed by atoms with Crippen LogP contribution in [0.4, 0.5) is 28.9 Å². The minimum atomic E-state index is -4.50. The monoisotopic (exact) mass is 494 g/mol. The molecule has 4 aromatic rings. The average Bonchev–Trinajstić information content (AvgIpc) is 3.18. The number of halogens is 4. The molecule has 0 bridgehead atoms. The van der Waals surface area contributed by atoms with Crippen LogP contribution in [-0.4, -0.2) is 14.3 Å². The summed E-state index contributed by atoms with van der Waals surface area (Å²) in [7, 11) is -4.14. The molecule has 0 fully saturated rings. The van der Waals surface area contributed by atoms with Crippen LogP contribution in [0.15, 0.2) is 77.7 Å². The van der Waals surface area contributed by atoms with Gasteiger partial charge in [-0.25, -0.2) is 12.8 Å². The SMILES string of the molecule is O=C(Nc1ccccc1NS(=O)(=O)c1cccc(F)c1)c1cc2cc(C(F)(F)F)ccc2s1. The van der Waals surface area contributed by atoms with Crippen molar-refractivity contribution in [2.75, 3.05) is 10.0 Å². The first-order valence-corrected chi connectivity index (χ1v) is 11.6. The number of nitrogens with one attached hydrogen (secondary N) is 2. The number of benzene rings is 3. The van der Waals surface area contributed by atoms with E-state index in [0.29, 0.717) is 4.70 Å². The Morgan fingerprint density at radius 3 is 2.30 bits per heavy atom. The Morgan fingerprint density at radius 2 is 1.61 bits per heavy atom. The van der Waals surface area contributed by atoms with E-state index in [1.807, 2.05) is 0 Å². The largest absolute Gasteiger partial charge is 0.416 e. The first-order chi connectivity index (χ1) is 15.5. The van der Waals surface area contributed by atoms with Crippen LogP contribution in [-0.2, 0) is 16.2 Å². The van der Waals surface area contributed by atoms with Gasteiger partial charge in [0, 0.05) is 4.70 Å². The van der Waals surface area contributed by atoms with E-state index in [1.165, 1.54) is 42.5 Å². The summed E-state index contributed by atoms with van der Waals surface area (Å²) in [5, 5.41) is 2.83. The van der Waals surface area contributed by atoms with Gasteiger partial charge in [0.25, 0.3) is 15.9 Å². The fourth-order valence-corrected chi connectivity index (χ4v) is 5.08. The maximum Gasteiger partial charge on any atom is 0.416 e. The van der Waals surface area contributed by atoms with Crippen LogP contribution in [0.1, 0.15) is 15.2 Å². The van der Waals surface area contributed by atoms with Crippen LogP contribution < -0.4 is 10.0 Å². The highest BCUT2D eigenvalue weighted by Gasteiger charge is 2.30. The first kappa shape index (κ1) is 22.7. The molecule has 1 heterocycles.